The highest BCUT2D eigenvalue weighted by molar-refractivity contribution is 5.87. The zero-order valence-corrected chi connectivity index (χ0v) is 16.5. The summed E-state index contributed by atoms with van der Waals surface area (Å²) in [6, 6.07) is 4.70. The number of carbonyl (C=O) groups is 2. The molecular formula is C21H25N5O3. The Morgan fingerprint density at radius 1 is 1.34 bits per heavy atom. The zero-order valence-electron chi connectivity index (χ0n) is 16.5. The van der Waals surface area contributed by atoms with Gasteiger partial charge in [-0.1, -0.05) is 5.92 Å². The number of terminal acetylenes is 1. The summed E-state index contributed by atoms with van der Waals surface area (Å²) in [5.41, 5.74) is -0.0423. The third-order valence-corrected chi connectivity index (χ3v) is 5.87. The summed E-state index contributed by atoms with van der Waals surface area (Å²) in [4.78, 5) is 31.5. The van der Waals surface area contributed by atoms with E-state index < -0.39 is 12.0 Å². The first-order valence-corrected chi connectivity index (χ1v) is 9.73. The molecule has 2 aliphatic rings. The van der Waals surface area contributed by atoms with Crippen LogP contribution in [-0.2, 0) is 4.79 Å². The summed E-state index contributed by atoms with van der Waals surface area (Å²) < 4.78 is 0. The summed E-state index contributed by atoms with van der Waals surface area (Å²) in [5.74, 6) is 2.24. The number of rotatable bonds is 5. The van der Waals surface area contributed by atoms with E-state index in [-0.39, 0.29) is 29.6 Å². The van der Waals surface area contributed by atoms with Gasteiger partial charge >= 0.3 is 5.97 Å². The zero-order chi connectivity index (χ0) is 21.0. The van der Waals surface area contributed by atoms with Gasteiger partial charge in [0.1, 0.15) is 11.9 Å². The second kappa shape index (κ2) is 8.50. The van der Waals surface area contributed by atoms with Crippen LogP contribution < -0.4 is 10.2 Å². The molecule has 3 heterocycles. The minimum absolute atomic E-state index is 0.133. The van der Waals surface area contributed by atoms with Crippen molar-refractivity contribution in [3.8, 4) is 18.4 Å². The van der Waals surface area contributed by atoms with Gasteiger partial charge in [0.05, 0.1) is 24.2 Å². The molecule has 2 atom stereocenters. The van der Waals surface area contributed by atoms with E-state index in [0.717, 1.165) is 31.7 Å². The average molecular weight is 395 g/mol. The van der Waals surface area contributed by atoms with Crippen LogP contribution >= 0.6 is 0 Å². The molecule has 29 heavy (non-hydrogen) atoms. The van der Waals surface area contributed by atoms with Gasteiger partial charge in [0.15, 0.2) is 0 Å². The molecule has 152 valence electrons. The Balaban J connectivity index is 1.54. The van der Waals surface area contributed by atoms with E-state index in [1.165, 1.54) is 6.20 Å². The second-order valence-electron chi connectivity index (χ2n) is 7.82. The van der Waals surface area contributed by atoms with Gasteiger partial charge in [-0.2, -0.15) is 5.26 Å². The Morgan fingerprint density at radius 3 is 2.59 bits per heavy atom. The lowest BCUT2D eigenvalue weighted by Gasteiger charge is -2.41. The van der Waals surface area contributed by atoms with Crippen molar-refractivity contribution in [2.24, 2.45) is 0 Å². The number of aromatic carboxylic acids is 1. The maximum atomic E-state index is 12.7. The number of amides is 1. The van der Waals surface area contributed by atoms with E-state index in [9.17, 15) is 14.9 Å². The fraction of sp³-hybridized carbons (Fsp3) is 0.524. The van der Waals surface area contributed by atoms with Gasteiger partial charge in [-0.05, 0) is 44.7 Å². The van der Waals surface area contributed by atoms with Gasteiger partial charge in [0.2, 0.25) is 5.91 Å². The Labute approximate surface area is 170 Å². The van der Waals surface area contributed by atoms with Gasteiger partial charge in [0, 0.05) is 24.8 Å². The summed E-state index contributed by atoms with van der Waals surface area (Å²) in [5, 5.41) is 21.6. The number of carbonyl (C=O) groups excluding carboxylic acids is 1. The number of nitriles is 1. The van der Waals surface area contributed by atoms with E-state index in [1.54, 1.807) is 17.0 Å². The van der Waals surface area contributed by atoms with E-state index in [1.807, 2.05) is 0 Å². The standard InChI is InChI=1S/C21H25N5O3/c1-3-16-5-6-17(12-22)26(16)19(27)14-24-21(2)8-10-25(11-9-21)18-7-4-15(13-23-18)20(28)29/h1,4,7,13,16-17,24H,5-6,8-11,14H2,2H3,(H,28,29)/t16-,17?/m1/s1. The molecule has 1 aromatic rings. The molecule has 0 bridgehead atoms. The number of likely N-dealkylation sites (tertiary alicyclic amines) is 1. The largest absolute Gasteiger partial charge is 0.478 e. The fourth-order valence-corrected chi connectivity index (χ4v) is 3.94. The van der Waals surface area contributed by atoms with Crippen LogP contribution in [0.2, 0.25) is 0 Å². The highest BCUT2D eigenvalue weighted by Crippen LogP contribution is 2.26. The van der Waals surface area contributed by atoms with Crippen molar-refractivity contribution < 1.29 is 14.7 Å². The molecule has 2 N–H and O–H groups in total. The first-order valence-electron chi connectivity index (χ1n) is 9.73. The highest BCUT2D eigenvalue weighted by Gasteiger charge is 2.37. The topological polar surface area (TPSA) is 110 Å². The molecule has 0 saturated carbocycles. The van der Waals surface area contributed by atoms with Gasteiger partial charge in [-0.25, -0.2) is 9.78 Å². The first kappa shape index (κ1) is 20.6. The fourth-order valence-electron chi connectivity index (χ4n) is 3.94. The molecule has 8 nitrogen and oxygen atoms in total. The van der Waals surface area contributed by atoms with Crippen molar-refractivity contribution in [2.75, 3.05) is 24.5 Å². The molecule has 2 fully saturated rings. The first-order chi connectivity index (χ1) is 13.9. The molecular weight excluding hydrogens is 370 g/mol. The van der Waals surface area contributed by atoms with Crippen molar-refractivity contribution in [3.63, 3.8) is 0 Å². The van der Waals surface area contributed by atoms with Crippen molar-refractivity contribution in [2.45, 2.75) is 50.2 Å². The number of carboxylic acid groups (broad SMARTS) is 1. The van der Waals surface area contributed by atoms with E-state index in [2.05, 4.69) is 34.1 Å². The van der Waals surface area contributed by atoms with Crippen LogP contribution in [0.4, 0.5) is 5.82 Å². The number of nitrogens with one attached hydrogen (secondary N) is 1. The molecule has 8 heteroatoms. The predicted octanol–water partition coefficient (Wildman–Crippen LogP) is 1.24. The number of nitrogens with zero attached hydrogens (tertiary/aromatic N) is 4. The van der Waals surface area contributed by atoms with Crippen LogP contribution in [-0.4, -0.2) is 64.1 Å². The Bertz CT molecular complexity index is 825. The van der Waals surface area contributed by atoms with Gasteiger partial charge in [-0.3, -0.25) is 4.79 Å². The number of pyridine rings is 1. The number of hydrogen-bond donors (Lipinski definition) is 2. The SMILES string of the molecule is C#C[C@@H]1CCC(C#N)N1C(=O)CNC1(C)CCN(c2ccc(C(=O)O)cn2)CC1. The van der Waals surface area contributed by atoms with Crippen molar-refractivity contribution in [1.29, 1.82) is 5.26 Å². The second-order valence-corrected chi connectivity index (χ2v) is 7.82. The molecule has 1 amide bonds. The smallest absolute Gasteiger partial charge is 0.337 e. The molecule has 0 radical (unpaired) electrons. The summed E-state index contributed by atoms with van der Waals surface area (Å²) >= 11 is 0. The Hall–Kier alpha value is -3.10. The van der Waals surface area contributed by atoms with Crippen LogP contribution in [0.15, 0.2) is 18.3 Å². The quantitative estimate of drug-likeness (QED) is 0.722. The predicted molar refractivity (Wildman–Crippen MR) is 107 cm³/mol. The van der Waals surface area contributed by atoms with E-state index >= 15 is 0 Å². The van der Waals surface area contributed by atoms with Gasteiger partial charge in [-0.15, -0.1) is 6.42 Å². The lowest BCUT2D eigenvalue weighted by Crippen LogP contribution is -2.55. The molecule has 0 aliphatic carbocycles. The van der Waals surface area contributed by atoms with E-state index in [4.69, 9.17) is 11.5 Å². The molecule has 3 rings (SSSR count). The summed E-state index contributed by atoms with van der Waals surface area (Å²) in [7, 11) is 0. The van der Waals surface area contributed by atoms with Crippen LogP contribution in [0.3, 0.4) is 0 Å². The third-order valence-electron chi connectivity index (χ3n) is 5.87. The van der Waals surface area contributed by atoms with Crippen LogP contribution in [0.1, 0.15) is 43.0 Å². The maximum Gasteiger partial charge on any atom is 0.337 e. The molecule has 2 aliphatic heterocycles. The van der Waals surface area contributed by atoms with Crippen LogP contribution in [0.5, 0.6) is 0 Å². The summed E-state index contributed by atoms with van der Waals surface area (Å²) in [6.45, 7) is 3.73. The van der Waals surface area contributed by atoms with Crippen LogP contribution in [0.25, 0.3) is 0 Å². The molecule has 1 unspecified atom stereocenters. The monoisotopic (exact) mass is 395 g/mol. The molecule has 0 aromatic carbocycles. The Morgan fingerprint density at radius 2 is 2.03 bits per heavy atom. The van der Waals surface area contributed by atoms with Crippen LogP contribution in [0, 0.1) is 23.7 Å². The lowest BCUT2D eigenvalue weighted by atomic mass is 9.89. The molecule has 0 spiro atoms. The number of carboxylic acids is 1. The lowest BCUT2D eigenvalue weighted by molar-refractivity contribution is -0.131. The van der Waals surface area contributed by atoms with Gasteiger partial charge < -0.3 is 20.2 Å². The van der Waals surface area contributed by atoms with Crippen molar-refractivity contribution in [3.05, 3.63) is 23.9 Å². The third kappa shape index (κ3) is 4.49. The Kier molecular flexibility index (Phi) is 6.05. The maximum absolute atomic E-state index is 12.7. The summed E-state index contributed by atoms with van der Waals surface area (Å²) in [6.07, 6.45) is 9.80. The highest BCUT2D eigenvalue weighted by atomic mass is 16.4. The number of hydrogen-bond acceptors (Lipinski definition) is 6. The van der Waals surface area contributed by atoms with Crippen molar-refractivity contribution >= 4 is 17.7 Å². The number of aromatic nitrogens is 1. The minimum atomic E-state index is -0.993. The molecule has 2 saturated heterocycles. The average Bonchev–Trinajstić information content (AvgIpc) is 3.16. The van der Waals surface area contributed by atoms with E-state index in [0.29, 0.717) is 12.8 Å². The molecule has 1 aromatic heterocycles. The number of piperidine rings is 1. The van der Waals surface area contributed by atoms with Gasteiger partial charge in [0.25, 0.3) is 0 Å². The minimum Gasteiger partial charge on any atom is -0.478 e. The normalized spacial score (nSPS) is 23.3. The number of anilines is 1. The van der Waals surface area contributed by atoms with Crippen molar-refractivity contribution in [1.82, 2.24) is 15.2 Å².